The van der Waals surface area contributed by atoms with Crippen LogP contribution >= 0.6 is 12.4 Å². The Balaban J connectivity index is 0.00000240. The molecule has 2 heterocycles. The van der Waals surface area contributed by atoms with Crippen LogP contribution in [0.3, 0.4) is 0 Å². The van der Waals surface area contributed by atoms with E-state index in [1.165, 1.54) is 24.3 Å². The van der Waals surface area contributed by atoms with E-state index in [1.54, 1.807) is 18.2 Å². The van der Waals surface area contributed by atoms with Crippen molar-refractivity contribution in [3.05, 3.63) is 65.4 Å². The molecule has 154 valence electrons. The Bertz CT molecular complexity index is 982. The van der Waals surface area contributed by atoms with Crippen molar-refractivity contribution in [3.63, 3.8) is 0 Å². The van der Waals surface area contributed by atoms with Crippen molar-refractivity contribution >= 4 is 29.2 Å². The number of carbonyl (C=O) groups excluding carboxylic acids is 1. The van der Waals surface area contributed by atoms with Gasteiger partial charge in [-0.3, -0.25) is 9.69 Å². The van der Waals surface area contributed by atoms with Gasteiger partial charge in [0.2, 0.25) is 0 Å². The van der Waals surface area contributed by atoms with Crippen LogP contribution in [0.2, 0.25) is 0 Å². The number of halogens is 3. The summed E-state index contributed by atoms with van der Waals surface area (Å²) in [6.45, 7) is 3.54. The molecule has 0 aliphatic carbocycles. The molecule has 0 saturated carbocycles. The van der Waals surface area contributed by atoms with Crippen LogP contribution in [0.5, 0.6) is 0 Å². The maximum atomic E-state index is 13.4. The SMILES string of the molecule is CCC(C(=O)c1ccc(F)cc1)N1CCC(c2noc3cc(F)ccc23)CC1.Cl. The topological polar surface area (TPSA) is 46.3 Å². The number of hydrogen-bond acceptors (Lipinski definition) is 4. The fourth-order valence-electron chi connectivity index (χ4n) is 4.13. The predicted molar refractivity (Wildman–Crippen MR) is 110 cm³/mol. The summed E-state index contributed by atoms with van der Waals surface area (Å²) in [6, 6.07) is 10.0. The molecule has 1 saturated heterocycles. The quantitative estimate of drug-likeness (QED) is 0.521. The number of nitrogens with zero attached hydrogens (tertiary/aromatic N) is 2. The number of fused-ring (bicyclic) bond motifs is 1. The summed E-state index contributed by atoms with van der Waals surface area (Å²) < 4.78 is 31.8. The highest BCUT2D eigenvalue weighted by molar-refractivity contribution is 6.00. The summed E-state index contributed by atoms with van der Waals surface area (Å²) in [5, 5.41) is 5.03. The van der Waals surface area contributed by atoms with Gasteiger partial charge in [0.25, 0.3) is 0 Å². The maximum absolute atomic E-state index is 13.4. The van der Waals surface area contributed by atoms with E-state index in [1.807, 2.05) is 6.92 Å². The van der Waals surface area contributed by atoms with Crippen molar-refractivity contribution in [3.8, 4) is 0 Å². The van der Waals surface area contributed by atoms with E-state index in [0.717, 1.165) is 37.0 Å². The average molecular weight is 421 g/mol. The van der Waals surface area contributed by atoms with Crippen LogP contribution in [0, 0.1) is 11.6 Å². The number of aromatic nitrogens is 1. The van der Waals surface area contributed by atoms with E-state index in [-0.39, 0.29) is 41.8 Å². The zero-order chi connectivity index (χ0) is 19.7. The third-order valence-electron chi connectivity index (χ3n) is 5.64. The maximum Gasteiger partial charge on any atom is 0.179 e. The van der Waals surface area contributed by atoms with Gasteiger partial charge in [-0.25, -0.2) is 8.78 Å². The number of hydrogen-bond donors (Lipinski definition) is 0. The first-order chi connectivity index (χ1) is 13.6. The lowest BCUT2D eigenvalue weighted by Gasteiger charge is -2.36. The second-order valence-electron chi connectivity index (χ2n) is 7.31. The first-order valence-corrected chi connectivity index (χ1v) is 9.65. The number of carbonyl (C=O) groups is 1. The molecule has 0 N–H and O–H groups in total. The highest BCUT2D eigenvalue weighted by Crippen LogP contribution is 2.33. The molecule has 4 nitrogen and oxygen atoms in total. The fourth-order valence-corrected chi connectivity index (χ4v) is 4.13. The van der Waals surface area contributed by atoms with Crippen LogP contribution < -0.4 is 0 Å². The zero-order valence-corrected chi connectivity index (χ0v) is 16.9. The second kappa shape index (κ2) is 9.01. The Hall–Kier alpha value is -2.31. The largest absolute Gasteiger partial charge is 0.356 e. The molecule has 1 atom stereocenters. The highest BCUT2D eigenvalue weighted by atomic mass is 35.5. The van der Waals surface area contributed by atoms with Crippen molar-refractivity contribution in [1.29, 1.82) is 0 Å². The molecule has 2 aromatic carbocycles. The standard InChI is InChI=1S/C22H22F2N2O2.ClH/c1-2-19(22(27)15-3-5-16(23)6-4-15)26-11-9-14(10-12-26)21-18-8-7-17(24)13-20(18)28-25-21;/h3-8,13-14,19H,2,9-12H2,1H3;1H. The molecule has 1 aromatic heterocycles. The first kappa shape index (κ1) is 21.4. The van der Waals surface area contributed by atoms with Gasteiger partial charge in [-0.2, -0.15) is 0 Å². The van der Waals surface area contributed by atoms with Crippen LogP contribution in [-0.4, -0.2) is 35.0 Å². The van der Waals surface area contributed by atoms with E-state index >= 15 is 0 Å². The molecule has 0 amide bonds. The van der Waals surface area contributed by atoms with Crippen molar-refractivity contribution in [2.24, 2.45) is 0 Å². The molecule has 4 rings (SSSR count). The van der Waals surface area contributed by atoms with E-state index in [0.29, 0.717) is 17.6 Å². The van der Waals surface area contributed by atoms with Crippen molar-refractivity contribution in [2.45, 2.75) is 38.1 Å². The summed E-state index contributed by atoms with van der Waals surface area (Å²) in [7, 11) is 0. The Kier molecular flexibility index (Phi) is 6.65. The summed E-state index contributed by atoms with van der Waals surface area (Å²) in [4.78, 5) is 15.1. The van der Waals surface area contributed by atoms with Gasteiger partial charge >= 0.3 is 0 Å². The smallest absolute Gasteiger partial charge is 0.179 e. The van der Waals surface area contributed by atoms with Crippen LogP contribution in [0.1, 0.15) is 48.2 Å². The third kappa shape index (κ3) is 4.33. The lowest BCUT2D eigenvalue weighted by molar-refractivity contribution is 0.0761. The Labute approximate surface area is 174 Å². The summed E-state index contributed by atoms with van der Waals surface area (Å²) in [5.41, 5.74) is 1.88. The highest BCUT2D eigenvalue weighted by Gasteiger charge is 2.31. The minimum Gasteiger partial charge on any atom is -0.356 e. The Morgan fingerprint density at radius 3 is 2.45 bits per heavy atom. The van der Waals surface area contributed by atoms with E-state index in [2.05, 4.69) is 10.1 Å². The van der Waals surface area contributed by atoms with Crippen molar-refractivity contribution in [2.75, 3.05) is 13.1 Å². The molecule has 1 aliphatic heterocycles. The number of likely N-dealkylation sites (tertiary alicyclic amines) is 1. The van der Waals surface area contributed by atoms with E-state index in [4.69, 9.17) is 4.52 Å². The molecule has 0 radical (unpaired) electrons. The summed E-state index contributed by atoms with van der Waals surface area (Å²) in [5.74, 6) is -0.426. The van der Waals surface area contributed by atoms with Gasteiger partial charge in [0.05, 0.1) is 11.7 Å². The van der Waals surface area contributed by atoms with Gasteiger partial charge < -0.3 is 4.52 Å². The molecule has 0 spiro atoms. The van der Waals surface area contributed by atoms with Gasteiger partial charge in [0, 0.05) is 22.9 Å². The lowest BCUT2D eigenvalue weighted by atomic mass is 9.89. The molecule has 29 heavy (non-hydrogen) atoms. The molecular weight excluding hydrogens is 398 g/mol. The molecule has 1 fully saturated rings. The normalized spacial score (nSPS) is 16.5. The zero-order valence-electron chi connectivity index (χ0n) is 16.1. The van der Waals surface area contributed by atoms with Gasteiger partial charge in [-0.15, -0.1) is 12.4 Å². The number of Topliss-reactive ketones (excluding diaryl/α,β-unsaturated/α-hetero) is 1. The number of piperidine rings is 1. The molecule has 3 aromatic rings. The molecular formula is C22H23ClF2N2O2. The molecule has 7 heteroatoms. The lowest BCUT2D eigenvalue weighted by Crippen LogP contribution is -2.45. The van der Waals surface area contributed by atoms with E-state index < -0.39 is 0 Å². The number of ketones is 1. The van der Waals surface area contributed by atoms with Crippen LogP contribution in [0.4, 0.5) is 8.78 Å². The Morgan fingerprint density at radius 1 is 1.14 bits per heavy atom. The van der Waals surface area contributed by atoms with Crippen LogP contribution in [0.15, 0.2) is 47.0 Å². The van der Waals surface area contributed by atoms with Gasteiger partial charge in [0.15, 0.2) is 11.4 Å². The fraction of sp³-hybridized carbons (Fsp3) is 0.364. The number of benzene rings is 2. The predicted octanol–water partition coefficient (Wildman–Crippen LogP) is 5.37. The molecule has 1 aliphatic rings. The van der Waals surface area contributed by atoms with Crippen molar-refractivity contribution < 1.29 is 18.1 Å². The summed E-state index contributed by atoms with van der Waals surface area (Å²) in [6.07, 6.45) is 2.41. The minimum absolute atomic E-state index is 0. The summed E-state index contributed by atoms with van der Waals surface area (Å²) >= 11 is 0. The van der Waals surface area contributed by atoms with Crippen LogP contribution in [0.25, 0.3) is 11.0 Å². The monoisotopic (exact) mass is 420 g/mol. The van der Waals surface area contributed by atoms with E-state index in [9.17, 15) is 13.6 Å². The van der Waals surface area contributed by atoms with Gasteiger partial charge in [-0.1, -0.05) is 12.1 Å². The first-order valence-electron chi connectivity index (χ1n) is 9.65. The van der Waals surface area contributed by atoms with Gasteiger partial charge in [-0.05, 0) is 68.8 Å². The molecule has 1 unspecified atom stereocenters. The van der Waals surface area contributed by atoms with Crippen LogP contribution in [-0.2, 0) is 0 Å². The minimum atomic E-state index is -0.342. The third-order valence-corrected chi connectivity index (χ3v) is 5.64. The molecule has 0 bridgehead atoms. The Morgan fingerprint density at radius 2 is 1.79 bits per heavy atom. The number of rotatable bonds is 5. The van der Waals surface area contributed by atoms with Crippen molar-refractivity contribution in [1.82, 2.24) is 10.1 Å². The second-order valence-corrected chi connectivity index (χ2v) is 7.31. The average Bonchev–Trinajstić information content (AvgIpc) is 3.12. The van der Waals surface area contributed by atoms with Gasteiger partial charge in [0.1, 0.15) is 11.6 Å².